The van der Waals surface area contributed by atoms with Gasteiger partial charge >= 0.3 is 0 Å². The molecule has 0 aliphatic carbocycles. The van der Waals surface area contributed by atoms with Crippen LogP contribution in [0.25, 0.3) is 5.65 Å². The number of aryl methyl sites for hydroxylation is 1. The van der Waals surface area contributed by atoms with Crippen molar-refractivity contribution >= 4 is 11.6 Å². The zero-order chi connectivity index (χ0) is 18.5. The highest BCUT2D eigenvalue weighted by Gasteiger charge is 2.10. The van der Waals surface area contributed by atoms with Crippen LogP contribution in [0.4, 0.5) is 0 Å². The van der Waals surface area contributed by atoms with Gasteiger partial charge in [0, 0.05) is 31.1 Å². The van der Waals surface area contributed by atoms with E-state index < -0.39 is 0 Å². The number of fused-ring (bicyclic) bond motifs is 1. The van der Waals surface area contributed by atoms with Crippen molar-refractivity contribution in [2.75, 3.05) is 13.7 Å². The van der Waals surface area contributed by atoms with Gasteiger partial charge in [0.2, 0.25) is 0 Å². The summed E-state index contributed by atoms with van der Waals surface area (Å²) < 4.78 is 12.8. The van der Waals surface area contributed by atoms with E-state index in [-0.39, 0.29) is 11.9 Å². The number of ether oxygens (including phenoxy) is 2. The molecule has 2 heterocycles. The van der Waals surface area contributed by atoms with Gasteiger partial charge in [-0.1, -0.05) is 6.07 Å². The zero-order valence-corrected chi connectivity index (χ0v) is 15.2. The highest BCUT2D eigenvalue weighted by Crippen LogP contribution is 2.15. The summed E-state index contributed by atoms with van der Waals surface area (Å²) in [5.74, 6) is 0.566. The third kappa shape index (κ3) is 4.40. The van der Waals surface area contributed by atoms with Gasteiger partial charge in [-0.2, -0.15) is 0 Å². The first-order chi connectivity index (χ1) is 12.5. The number of methoxy groups -OCH3 is 1. The molecule has 6 heteroatoms. The predicted octanol–water partition coefficient (Wildman–Crippen LogP) is 2.99. The Morgan fingerprint density at radius 3 is 2.69 bits per heavy atom. The van der Waals surface area contributed by atoms with E-state index in [2.05, 4.69) is 10.3 Å². The molecule has 0 spiro atoms. The molecule has 26 heavy (non-hydrogen) atoms. The van der Waals surface area contributed by atoms with Crippen LogP contribution in [0.15, 0.2) is 48.8 Å². The van der Waals surface area contributed by atoms with E-state index in [1.165, 1.54) is 5.56 Å². The van der Waals surface area contributed by atoms with Crippen molar-refractivity contribution in [1.82, 2.24) is 14.7 Å². The minimum absolute atomic E-state index is 0.0397. The molecule has 136 valence electrons. The fourth-order valence-electron chi connectivity index (χ4n) is 2.68. The second-order valence-corrected chi connectivity index (χ2v) is 6.35. The van der Waals surface area contributed by atoms with Gasteiger partial charge in [-0.15, -0.1) is 0 Å². The lowest BCUT2D eigenvalue weighted by molar-refractivity contribution is 0.0905. The Morgan fingerprint density at radius 2 is 1.96 bits per heavy atom. The quantitative estimate of drug-likeness (QED) is 0.709. The van der Waals surface area contributed by atoms with Crippen LogP contribution in [0, 0.1) is 6.92 Å². The Morgan fingerprint density at radius 1 is 1.19 bits per heavy atom. The molecule has 0 radical (unpaired) electrons. The number of carbonyl (C=O) groups is 1. The minimum atomic E-state index is -0.128. The number of amides is 1. The summed E-state index contributed by atoms with van der Waals surface area (Å²) in [5, 5.41) is 2.88. The fraction of sp³-hybridized carbons (Fsp3) is 0.300. The molecule has 0 fully saturated rings. The maximum Gasteiger partial charge on any atom is 0.251 e. The second-order valence-electron chi connectivity index (χ2n) is 6.35. The molecule has 1 unspecified atom stereocenters. The molecular weight excluding hydrogens is 330 g/mol. The zero-order valence-electron chi connectivity index (χ0n) is 15.2. The van der Waals surface area contributed by atoms with Crippen molar-refractivity contribution in [3.8, 4) is 5.75 Å². The first-order valence-corrected chi connectivity index (χ1v) is 8.52. The van der Waals surface area contributed by atoms with Crippen molar-refractivity contribution in [3.63, 3.8) is 0 Å². The molecule has 1 N–H and O–H groups in total. The number of carbonyl (C=O) groups excluding carboxylic acids is 1. The van der Waals surface area contributed by atoms with E-state index >= 15 is 0 Å². The van der Waals surface area contributed by atoms with Crippen LogP contribution in [0.1, 0.15) is 28.5 Å². The molecule has 3 aromatic rings. The minimum Gasteiger partial charge on any atom is -0.487 e. The number of imidazole rings is 1. The van der Waals surface area contributed by atoms with Gasteiger partial charge in [-0.25, -0.2) is 4.98 Å². The van der Waals surface area contributed by atoms with Crippen molar-refractivity contribution in [3.05, 3.63) is 65.6 Å². The van der Waals surface area contributed by atoms with Gasteiger partial charge in [0.25, 0.3) is 5.91 Å². The van der Waals surface area contributed by atoms with Gasteiger partial charge in [-0.05, 0) is 49.7 Å². The second kappa shape index (κ2) is 8.01. The smallest absolute Gasteiger partial charge is 0.251 e. The Bertz CT molecular complexity index is 887. The molecule has 3 rings (SSSR count). The average molecular weight is 353 g/mol. The first kappa shape index (κ1) is 17.9. The SMILES string of the molecule is COCC(C)NC(=O)c1ccc(OCc2cn3cc(C)ccc3n2)cc1. The normalized spacial score (nSPS) is 12.1. The van der Waals surface area contributed by atoms with E-state index in [9.17, 15) is 4.79 Å². The largest absolute Gasteiger partial charge is 0.487 e. The molecule has 2 aromatic heterocycles. The lowest BCUT2D eigenvalue weighted by Gasteiger charge is -2.13. The summed E-state index contributed by atoms with van der Waals surface area (Å²) in [6.07, 6.45) is 3.99. The summed E-state index contributed by atoms with van der Waals surface area (Å²) >= 11 is 0. The predicted molar refractivity (Wildman–Crippen MR) is 99.5 cm³/mol. The van der Waals surface area contributed by atoms with Crippen molar-refractivity contribution in [1.29, 1.82) is 0 Å². The Balaban J connectivity index is 1.59. The molecule has 1 aromatic carbocycles. The Hall–Kier alpha value is -2.86. The van der Waals surface area contributed by atoms with E-state index in [1.807, 2.05) is 42.8 Å². The molecule has 1 atom stereocenters. The van der Waals surface area contributed by atoms with Gasteiger partial charge in [0.15, 0.2) is 0 Å². The molecule has 0 aliphatic rings. The molecule has 0 saturated carbocycles. The van der Waals surface area contributed by atoms with E-state index in [4.69, 9.17) is 9.47 Å². The maximum absolute atomic E-state index is 12.1. The molecule has 1 amide bonds. The van der Waals surface area contributed by atoms with Crippen molar-refractivity contribution < 1.29 is 14.3 Å². The van der Waals surface area contributed by atoms with Crippen LogP contribution >= 0.6 is 0 Å². The number of nitrogens with zero attached hydrogens (tertiary/aromatic N) is 2. The van der Waals surface area contributed by atoms with E-state index in [1.54, 1.807) is 31.4 Å². The lowest BCUT2D eigenvalue weighted by Crippen LogP contribution is -2.35. The third-order valence-electron chi connectivity index (χ3n) is 3.95. The lowest BCUT2D eigenvalue weighted by atomic mass is 10.2. The van der Waals surface area contributed by atoms with Crippen LogP contribution in [-0.2, 0) is 11.3 Å². The van der Waals surface area contributed by atoms with E-state index in [0.717, 1.165) is 11.3 Å². The first-order valence-electron chi connectivity index (χ1n) is 8.52. The number of aromatic nitrogens is 2. The van der Waals surface area contributed by atoms with E-state index in [0.29, 0.717) is 24.5 Å². The number of hydrogen-bond donors (Lipinski definition) is 1. The fourth-order valence-corrected chi connectivity index (χ4v) is 2.68. The summed E-state index contributed by atoms with van der Waals surface area (Å²) in [7, 11) is 1.61. The highest BCUT2D eigenvalue weighted by atomic mass is 16.5. The average Bonchev–Trinajstić information content (AvgIpc) is 3.02. The van der Waals surface area contributed by atoms with Gasteiger partial charge in [0.1, 0.15) is 18.0 Å². The Labute approximate surface area is 152 Å². The summed E-state index contributed by atoms with van der Waals surface area (Å²) in [6.45, 7) is 4.79. The van der Waals surface area contributed by atoms with Crippen LogP contribution in [0.5, 0.6) is 5.75 Å². The van der Waals surface area contributed by atoms with Gasteiger partial charge in [-0.3, -0.25) is 4.79 Å². The molecule has 0 aliphatic heterocycles. The number of nitrogens with one attached hydrogen (secondary N) is 1. The van der Waals surface area contributed by atoms with Crippen LogP contribution < -0.4 is 10.1 Å². The van der Waals surface area contributed by atoms with Crippen molar-refractivity contribution in [2.24, 2.45) is 0 Å². The van der Waals surface area contributed by atoms with Gasteiger partial charge < -0.3 is 19.2 Å². The highest BCUT2D eigenvalue weighted by molar-refractivity contribution is 5.94. The molecular formula is C20H23N3O3. The summed E-state index contributed by atoms with van der Waals surface area (Å²) in [4.78, 5) is 16.7. The number of hydrogen-bond acceptors (Lipinski definition) is 4. The standard InChI is InChI=1S/C20H23N3O3/c1-14-4-9-19-22-17(11-23(19)10-14)13-26-18-7-5-16(6-8-18)20(24)21-15(2)12-25-3/h4-11,15H,12-13H2,1-3H3,(H,21,24). The third-order valence-corrected chi connectivity index (χ3v) is 3.95. The number of pyridine rings is 1. The molecule has 6 nitrogen and oxygen atoms in total. The number of benzene rings is 1. The number of rotatable bonds is 7. The van der Waals surface area contributed by atoms with Crippen LogP contribution in [0.2, 0.25) is 0 Å². The topological polar surface area (TPSA) is 64.9 Å². The molecule has 0 saturated heterocycles. The summed E-state index contributed by atoms with van der Waals surface area (Å²) in [6, 6.07) is 11.0. The summed E-state index contributed by atoms with van der Waals surface area (Å²) in [5.41, 5.74) is 3.51. The monoisotopic (exact) mass is 353 g/mol. The molecule has 0 bridgehead atoms. The maximum atomic E-state index is 12.1. The van der Waals surface area contributed by atoms with Crippen LogP contribution in [0.3, 0.4) is 0 Å². The van der Waals surface area contributed by atoms with Crippen LogP contribution in [-0.4, -0.2) is 35.1 Å². The van der Waals surface area contributed by atoms with Crippen molar-refractivity contribution in [2.45, 2.75) is 26.5 Å². The Kier molecular flexibility index (Phi) is 5.53. The van der Waals surface area contributed by atoms with Gasteiger partial charge in [0.05, 0.1) is 12.3 Å².